The molecule has 0 bridgehead atoms. The number of nitrogens with zero attached hydrogens (tertiary/aromatic N) is 4. The van der Waals surface area contributed by atoms with Crippen molar-refractivity contribution in [2.24, 2.45) is 0 Å². The van der Waals surface area contributed by atoms with Gasteiger partial charge in [0.2, 0.25) is 10.0 Å². The molecule has 1 saturated heterocycles. The molecule has 2 aromatic heterocycles. The van der Waals surface area contributed by atoms with Gasteiger partial charge in [0, 0.05) is 55.0 Å². The number of pyridine rings is 2. The lowest BCUT2D eigenvalue weighted by Crippen LogP contribution is -2.48. The molecule has 1 aliphatic heterocycles. The lowest BCUT2D eigenvalue weighted by atomic mass is 9.98. The Hall–Kier alpha value is -3.03. The van der Waals surface area contributed by atoms with Crippen molar-refractivity contribution in [3.8, 4) is 0 Å². The Labute approximate surface area is 200 Å². The van der Waals surface area contributed by atoms with Gasteiger partial charge in [-0.15, -0.1) is 0 Å². The molecule has 2 aromatic carbocycles. The maximum atomic E-state index is 13.4. The first kappa shape index (κ1) is 21.5. The van der Waals surface area contributed by atoms with Gasteiger partial charge >= 0.3 is 0 Å². The molecule has 0 radical (unpaired) electrons. The fourth-order valence-electron chi connectivity index (χ4n) is 5.42. The van der Waals surface area contributed by atoms with E-state index >= 15 is 0 Å². The quantitative estimate of drug-likeness (QED) is 0.420. The molecule has 174 valence electrons. The highest BCUT2D eigenvalue weighted by atomic mass is 32.2. The number of hydrogen-bond acceptors (Lipinski definition) is 5. The fraction of sp³-hybridized carbons (Fsp3) is 0.333. The number of sulfonamides is 1. The van der Waals surface area contributed by atoms with Gasteiger partial charge in [0.25, 0.3) is 0 Å². The van der Waals surface area contributed by atoms with Gasteiger partial charge < -0.3 is 4.90 Å². The van der Waals surface area contributed by atoms with E-state index < -0.39 is 10.0 Å². The second-order valence-electron chi connectivity index (χ2n) is 9.35. The van der Waals surface area contributed by atoms with Crippen molar-refractivity contribution < 1.29 is 8.42 Å². The molecule has 0 atom stereocenters. The van der Waals surface area contributed by atoms with Gasteiger partial charge in [0.05, 0.1) is 11.0 Å². The highest BCUT2D eigenvalue weighted by Crippen LogP contribution is 2.35. The van der Waals surface area contributed by atoms with Gasteiger partial charge in [0.1, 0.15) is 4.90 Å². The van der Waals surface area contributed by atoms with Gasteiger partial charge in [-0.3, -0.25) is 9.97 Å². The second-order valence-corrected chi connectivity index (χ2v) is 11.3. The summed E-state index contributed by atoms with van der Waals surface area (Å²) in [5, 5.41) is 2.01. The number of anilines is 1. The Morgan fingerprint density at radius 2 is 1.62 bits per heavy atom. The van der Waals surface area contributed by atoms with Crippen LogP contribution in [-0.4, -0.2) is 48.9 Å². The van der Waals surface area contributed by atoms with Crippen molar-refractivity contribution in [3.63, 3.8) is 0 Å². The number of hydrogen-bond donors (Lipinski definition) is 0. The number of benzene rings is 2. The van der Waals surface area contributed by atoms with Crippen LogP contribution in [0.15, 0.2) is 71.9 Å². The van der Waals surface area contributed by atoms with Crippen LogP contribution in [0.2, 0.25) is 0 Å². The lowest BCUT2D eigenvalue weighted by Gasteiger charge is -2.35. The Kier molecular flexibility index (Phi) is 5.46. The van der Waals surface area contributed by atoms with Gasteiger partial charge in [-0.1, -0.05) is 37.1 Å². The van der Waals surface area contributed by atoms with Crippen LogP contribution < -0.4 is 4.90 Å². The third kappa shape index (κ3) is 3.83. The first-order valence-corrected chi connectivity index (χ1v) is 13.5. The molecular formula is C27H28N4O2S. The summed E-state index contributed by atoms with van der Waals surface area (Å²) in [6.45, 7) is 2.17. The van der Waals surface area contributed by atoms with E-state index in [2.05, 4.69) is 34.1 Å². The van der Waals surface area contributed by atoms with Crippen LogP contribution in [0.5, 0.6) is 0 Å². The Morgan fingerprint density at radius 3 is 2.44 bits per heavy atom. The number of rotatable bonds is 4. The van der Waals surface area contributed by atoms with Crippen molar-refractivity contribution in [2.75, 3.05) is 31.1 Å². The lowest BCUT2D eigenvalue weighted by molar-refractivity contribution is 0.385. The minimum atomic E-state index is -3.61. The molecule has 0 amide bonds. The zero-order chi connectivity index (χ0) is 23.1. The minimum absolute atomic E-state index is 0.284. The predicted molar refractivity (Wildman–Crippen MR) is 136 cm³/mol. The van der Waals surface area contributed by atoms with E-state index in [0.717, 1.165) is 16.6 Å². The zero-order valence-corrected chi connectivity index (χ0v) is 19.9. The summed E-state index contributed by atoms with van der Waals surface area (Å²) in [6, 6.07) is 17.8. The molecule has 1 saturated carbocycles. The van der Waals surface area contributed by atoms with Crippen molar-refractivity contribution in [1.29, 1.82) is 0 Å². The monoisotopic (exact) mass is 472 g/mol. The van der Waals surface area contributed by atoms with Crippen molar-refractivity contribution in [3.05, 3.63) is 72.6 Å². The zero-order valence-electron chi connectivity index (χ0n) is 19.1. The van der Waals surface area contributed by atoms with Crippen LogP contribution in [0.25, 0.3) is 21.8 Å². The molecule has 0 spiro atoms. The van der Waals surface area contributed by atoms with E-state index in [1.807, 2.05) is 24.4 Å². The van der Waals surface area contributed by atoms with Crippen LogP contribution in [0.4, 0.5) is 5.69 Å². The topological polar surface area (TPSA) is 66.4 Å². The third-order valence-corrected chi connectivity index (χ3v) is 9.26. The molecule has 2 aliphatic rings. The number of piperazine rings is 1. The van der Waals surface area contributed by atoms with E-state index in [-0.39, 0.29) is 4.90 Å². The number of aromatic nitrogens is 2. The maximum absolute atomic E-state index is 13.4. The molecule has 34 heavy (non-hydrogen) atoms. The second kappa shape index (κ2) is 8.64. The molecule has 2 fully saturated rings. The Balaban J connectivity index is 1.20. The summed E-state index contributed by atoms with van der Waals surface area (Å²) in [7, 11) is -3.61. The van der Waals surface area contributed by atoms with Crippen molar-refractivity contribution >= 4 is 37.5 Å². The van der Waals surface area contributed by atoms with Gasteiger partial charge in [-0.2, -0.15) is 4.31 Å². The Morgan fingerprint density at radius 1 is 0.824 bits per heavy atom. The summed E-state index contributed by atoms with van der Waals surface area (Å²) in [5.74, 6) is 0.656. The fourth-order valence-corrected chi connectivity index (χ4v) is 7.00. The van der Waals surface area contributed by atoms with Crippen LogP contribution >= 0.6 is 0 Å². The molecular weight excluding hydrogens is 444 g/mol. The highest BCUT2D eigenvalue weighted by molar-refractivity contribution is 7.89. The van der Waals surface area contributed by atoms with Gasteiger partial charge in [0.15, 0.2) is 0 Å². The van der Waals surface area contributed by atoms with E-state index in [0.29, 0.717) is 37.6 Å². The standard InChI is InChI=1S/C27H28N4O2S/c32-34(33,26-9-3-7-21-8-4-12-28-27(21)26)31-15-13-30(14-16-31)24-11-10-22-17-23(19-29-25(22)18-24)20-5-1-2-6-20/h3-4,7-12,17-20H,1-2,5-6,13-16H2. The first-order valence-electron chi connectivity index (χ1n) is 12.1. The molecule has 0 unspecified atom stereocenters. The summed E-state index contributed by atoms with van der Waals surface area (Å²) >= 11 is 0. The van der Waals surface area contributed by atoms with E-state index in [1.54, 1.807) is 22.6 Å². The summed E-state index contributed by atoms with van der Waals surface area (Å²) in [5.41, 5.74) is 3.98. The molecule has 3 heterocycles. The first-order chi connectivity index (χ1) is 16.6. The predicted octanol–water partition coefficient (Wildman–Crippen LogP) is 4.95. The average Bonchev–Trinajstić information content (AvgIpc) is 3.43. The summed E-state index contributed by atoms with van der Waals surface area (Å²) in [4.78, 5) is 11.6. The van der Waals surface area contributed by atoms with E-state index in [9.17, 15) is 8.42 Å². The molecule has 6 rings (SSSR count). The highest BCUT2D eigenvalue weighted by Gasteiger charge is 2.30. The summed E-state index contributed by atoms with van der Waals surface area (Å²) in [6.07, 6.45) is 8.87. The maximum Gasteiger partial charge on any atom is 0.245 e. The Bertz CT molecular complexity index is 1450. The molecule has 4 aromatic rings. The van der Waals surface area contributed by atoms with E-state index in [1.165, 1.54) is 36.6 Å². The SMILES string of the molecule is O=S(=O)(c1cccc2cccnc12)N1CCN(c2ccc3cc(C4CCCC4)cnc3c2)CC1. The summed E-state index contributed by atoms with van der Waals surface area (Å²) < 4.78 is 28.4. The normalized spacial score (nSPS) is 18.2. The van der Waals surface area contributed by atoms with Crippen LogP contribution in [0.3, 0.4) is 0 Å². The van der Waals surface area contributed by atoms with Crippen LogP contribution in [-0.2, 0) is 10.0 Å². The van der Waals surface area contributed by atoms with Crippen LogP contribution in [0.1, 0.15) is 37.2 Å². The molecule has 7 heteroatoms. The average molecular weight is 473 g/mol. The largest absolute Gasteiger partial charge is 0.369 e. The molecule has 0 N–H and O–H groups in total. The van der Waals surface area contributed by atoms with Crippen molar-refractivity contribution in [2.45, 2.75) is 36.5 Å². The number of fused-ring (bicyclic) bond motifs is 2. The molecule has 1 aliphatic carbocycles. The van der Waals surface area contributed by atoms with Gasteiger partial charge in [-0.25, -0.2) is 8.42 Å². The molecule has 6 nitrogen and oxygen atoms in total. The van der Waals surface area contributed by atoms with Crippen molar-refractivity contribution in [1.82, 2.24) is 14.3 Å². The smallest absolute Gasteiger partial charge is 0.245 e. The minimum Gasteiger partial charge on any atom is -0.369 e. The number of para-hydroxylation sites is 1. The van der Waals surface area contributed by atoms with E-state index in [4.69, 9.17) is 4.98 Å². The third-order valence-electron chi connectivity index (χ3n) is 7.33. The van der Waals surface area contributed by atoms with Crippen LogP contribution in [0, 0.1) is 0 Å². The van der Waals surface area contributed by atoms with Gasteiger partial charge in [-0.05, 0) is 54.7 Å².